The van der Waals surface area contributed by atoms with Crippen molar-refractivity contribution in [2.75, 3.05) is 20.3 Å². The fourth-order valence-electron chi connectivity index (χ4n) is 5.51. The Morgan fingerprint density at radius 3 is 2.78 bits per heavy atom. The second-order valence-electron chi connectivity index (χ2n) is 8.55. The Balaban J connectivity index is 1.54. The summed E-state index contributed by atoms with van der Waals surface area (Å²) in [6.07, 6.45) is 1.98. The molecule has 1 aliphatic heterocycles. The van der Waals surface area contributed by atoms with Gasteiger partial charge in [-0.25, -0.2) is 0 Å². The number of para-hydroxylation sites is 1. The zero-order valence-corrected chi connectivity index (χ0v) is 19.3. The predicted octanol–water partition coefficient (Wildman–Crippen LogP) is 3.76. The highest BCUT2D eigenvalue weighted by atomic mass is 32.1. The molecule has 2 aromatic heterocycles. The van der Waals surface area contributed by atoms with Gasteiger partial charge in [-0.1, -0.05) is 24.3 Å². The summed E-state index contributed by atoms with van der Waals surface area (Å²) in [5, 5.41) is 3.17. The minimum Gasteiger partial charge on any atom is -0.465 e. The van der Waals surface area contributed by atoms with Gasteiger partial charge in [0.15, 0.2) is 0 Å². The lowest BCUT2D eigenvalue weighted by Gasteiger charge is -2.47. The number of thiophene rings is 1. The van der Waals surface area contributed by atoms with Crippen LogP contribution in [0.5, 0.6) is 0 Å². The molecule has 0 unspecified atom stereocenters. The number of esters is 1. The molecule has 1 saturated heterocycles. The zero-order chi connectivity index (χ0) is 22.2. The molecule has 0 radical (unpaired) electrons. The first kappa shape index (κ1) is 21.2. The molecule has 1 aliphatic carbocycles. The number of carbonyl (C=O) groups is 2. The summed E-state index contributed by atoms with van der Waals surface area (Å²) in [6.45, 7) is 2.97. The van der Waals surface area contributed by atoms with Crippen molar-refractivity contribution in [2.24, 2.45) is 0 Å². The number of hydrogen-bond donors (Lipinski definition) is 0. The summed E-state index contributed by atoms with van der Waals surface area (Å²) in [5.74, 6) is 0.0775. The lowest BCUT2D eigenvalue weighted by molar-refractivity contribution is -0.143. The highest BCUT2D eigenvalue weighted by molar-refractivity contribution is 7.10. The van der Waals surface area contributed by atoms with E-state index in [-0.39, 0.29) is 36.5 Å². The van der Waals surface area contributed by atoms with Gasteiger partial charge in [0.25, 0.3) is 0 Å². The quantitative estimate of drug-likeness (QED) is 0.535. The molecule has 0 saturated carbocycles. The van der Waals surface area contributed by atoms with E-state index >= 15 is 0 Å². The van der Waals surface area contributed by atoms with Crippen molar-refractivity contribution in [3.05, 3.63) is 57.9 Å². The van der Waals surface area contributed by atoms with Crippen LogP contribution >= 0.6 is 11.3 Å². The summed E-state index contributed by atoms with van der Waals surface area (Å²) in [4.78, 5) is 28.8. The van der Waals surface area contributed by atoms with Crippen LogP contribution in [0.4, 0.5) is 0 Å². The SMILES string of the molecule is CCOC(=O)Cn1c2c(c3ccccc31)C[C@H]1C[C@@H]2[C@@H](OC)CN1C(=O)Cc1cccs1. The lowest BCUT2D eigenvalue weighted by Crippen LogP contribution is -2.55. The number of hydrogen-bond acceptors (Lipinski definition) is 5. The van der Waals surface area contributed by atoms with Gasteiger partial charge in [-0.15, -0.1) is 11.3 Å². The van der Waals surface area contributed by atoms with E-state index in [0.29, 0.717) is 19.6 Å². The van der Waals surface area contributed by atoms with Gasteiger partial charge in [-0.2, -0.15) is 0 Å². The molecular weight excluding hydrogens is 424 g/mol. The minimum absolute atomic E-state index is 0.108. The molecule has 0 N–H and O–H groups in total. The molecule has 1 amide bonds. The van der Waals surface area contributed by atoms with Crippen molar-refractivity contribution in [3.63, 3.8) is 0 Å². The average molecular weight is 453 g/mol. The van der Waals surface area contributed by atoms with Crippen molar-refractivity contribution in [2.45, 2.75) is 50.8 Å². The van der Waals surface area contributed by atoms with Crippen LogP contribution in [-0.4, -0.2) is 53.8 Å². The highest BCUT2D eigenvalue weighted by Gasteiger charge is 2.45. The average Bonchev–Trinajstić information content (AvgIpc) is 3.41. The van der Waals surface area contributed by atoms with Crippen molar-refractivity contribution < 1.29 is 19.1 Å². The smallest absolute Gasteiger partial charge is 0.325 e. The van der Waals surface area contributed by atoms with Crippen LogP contribution in [0.2, 0.25) is 0 Å². The third-order valence-corrected chi connectivity index (χ3v) is 7.70. The summed E-state index contributed by atoms with van der Waals surface area (Å²) >= 11 is 1.62. The maximum Gasteiger partial charge on any atom is 0.325 e. The first-order valence-corrected chi connectivity index (χ1v) is 12.1. The van der Waals surface area contributed by atoms with Crippen LogP contribution in [-0.2, 0) is 38.4 Å². The molecule has 1 fully saturated rings. The molecule has 168 valence electrons. The number of benzene rings is 1. The monoisotopic (exact) mass is 452 g/mol. The molecule has 2 aliphatic rings. The number of aromatic nitrogens is 1. The Hall–Kier alpha value is -2.64. The van der Waals surface area contributed by atoms with Gasteiger partial charge in [-0.3, -0.25) is 9.59 Å². The van der Waals surface area contributed by atoms with Crippen LogP contribution in [0.1, 0.15) is 35.4 Å². The number of carbonyl (C=O) groups excluding carboxylic acids is 2. The van der Waals surface area contributed by atoms with Gasteiger partial charge in [-0.05, 0) is 42.8 Å². The van der Waals surface area contributed by atoms with E-state index in [2.05, 4.69) is 16.7 Å². The van der Waals surface area contributed by atoms with Gasteiger partial charge in [0.2, 0.25) is 5.91 Å². The first-order valence-electron chi connectivity index (χ1n) is 11.2. The Kier molecular flexibility index (Phi) is 5.78. The molecular formula is C25H28N2O4S. The van der Waals surface area contributed by atoms with Crippen LogP contribution < -0.4 is 0 Å². The molecule has 32 heavy (non-hydrogen) atoms. The molecule has 0 spiro atoms. The van der Waals surface area contributed by atoms with E-state index in [9.17, 15) is 9.59 Å². The molecule has 6 nitrogen and oxygen atoms in total. The van der Waals surface area contributed by atoms with E-state index < -0.39 is 0 Å². The number of ether oxygens (including phenoxy) is 2. The van der Waals surface area contributed by atoms with Gasteiger partial charge in [0.05, 0.1) is 19.1 Å². The molecule has 3 heterocycles. The van der Waals surface area contributed by atoms with E-state index in [0.717, 1.165) is 28.6 Å². The number of methoxy groups -OCH3 is 1. The fraction of sp³-hybridized carbons (Fsp3) is 0.440. The van der Waals surface area contributed by atoms with Gasteiger partial charge in [0.1, 0.15) is 6.54 Å². The second-order valence-corrected chi connectivity index (χ2v) is 9.58. The maximum atomic E-state index is 13.2. The third kappa shape index (κ3) is 3.63. The Morgan fingerprint density at radius 2 is 2.03 bits per heavy atom. The van der Waals surface area contributed by atoms with Crippen molar-refractivity contribution in [3.8, 4) is 0 Å². The number of rotatable bonds is 6. The largest absolute Gasteiger partial charge is 0.465 e. The third-order valence-electron chi connectivity index (χ3n) is 6.82. The molecule has 2 bridgehead atoms. The van der Waals surface area contributed by atoms with Crippen molar-refractivity contribution >= 4 is 34.1 Å². The van der Waals surface area contributed by atoms with Crippen LogP contribution in [0, 0.1) is 0 Å². The fourth-order valence-corrected chi connectivity index (χ4v) is 6.20. The topological polar surface area (TPSA) is 60.8 Å². The maximum absolute atomic E-state index is 13.2. The molecule has 1 aromatic carbocycles. The number of amides is 1. The van der Waals surface area contributed by atoms with E-state index in [1.54, 1.807) is 18.4 Å². The van der Waals surface area contributed by atoms with E-state index in [4.69, 9.17) is 9.47 Å². The number of fused-ring (bicyclic) bond motifs is 6. The zero-order valence-electron chi connectivity index (χ0n) is 18.5. The van der Waals surface area contributed by atoms with Crippen molar-refractivity contribution in [1.29, 1.82) is 0 Å². The number of piperidine rings is 1. The number of likely N-dealkylation sites (tertiary alicyclic amines) is 1. The molecule has 3 atom stereocenters. The Morgan fingerprint density at radius 1 is 1.19 bits per heavy atom. The standard InChI is InChI=1S/C25H28N2O4S/c1-3-31-24(29)15-27-21-9-5-4-8-18(21)19-11-16-12-20(25(19)27)22(30-2)14-26(16)23(28)13-17-7-6-10-32-17/h4-10,16,20,22H,3,11-15H2,1-2H3/t16-,20+,22-/m0/s1. The van der Waals surface area contributed by atoms with E-state index in [1.165, 1.54) is 11.3 Å². The first-order chi connectivity index (χ1) is 15.6. The van der Waals surface area contributed by atoms with Gasteiger partial charge >= 0.3 is 5.97 Å². The Labute approximate surface area is 191 Å². The predicted molar refractivity (Wildman–Crippen MR) is 124 cm³/mol. The molecule has 5 rings (SSSR count). The van der Waals surface area contributed by atoms with Crippen molar-refractivity contribution in [1.82, 2.24) is 9.47 Å². The summed E-state index contributed by atoms with van der Waals surface area (Å²) in [5.41, 5.74) is 3.46. The van der Waals surface area contributed by atoms with E-state index in [1.807, 2.05) is 41.5 Å². The summed E-state index contributed by atoms with van der Waals surface area (Å²) in [7, 11) is 1.72. The van der Waals surface area contributed by atoms with Crippen LogP contribution in [0.15, 0.2) is 41.8 Å². The van der Waals surface area contributed by atoms with Crippen LogP contribution in [0.3, 0.4) is 0 Å². The number of nitrogens with zero attached hydrogens (tertiary/aromatic N) is 2. The lowest BCUT2D eigenvalue weighted by atomic mass is 9.76. The van der Waals surface area contributed by atoms with Gasteiger partial charge in [0, 0.05) is 47.1 Å². The highest BCUT2D eigenvalue weighted by Crippen LogP contribution is 2.45. The van der Waals surface area contributed by atoms with Crippen LogP contribution in [0.25, 0.3) is 10.9 Å². The summed E-state index contributed by atoms with van der Waals surface area (Å²) in [6, 6.07) is 12.4. The normalized spacial score (nSPS) is 22.1. The summed E-state index contributed by atoms with van der Waals surface area (Å²) < 4.78 is 13.3. The Bertz CT molecular complexity index is 1140. The molecule has 7 heteroatoms. The second kappa shape index (κ2) is 8.71. The minimum atomic E-state index is -0.226. The molecule has 3 aromatic rings. The van der Waals surface area contributed by atoms with Gasteiger partial charge < -0.3 is 18.9 Å².